The van der Waals surface area contributed by atoms with Gasteiger partial charge in [-0.2, -0.15) is 0 Å². The van der Waals surface area contributed by atoms with Crippen molar-refractivity contribution in [1.29, 1.82) is 0 Å². The van der Waals surface area contributed by atoms with Gasteiger partial charge in [-0.1, -0.05) is 23.7 Å². The molecule has 0 aliphatic carbocycles. The zero-order valence-electron chi connectivity index (χ0n) is 12.3. The first-order valence-electron chi connectivity index (χ1n) is 6.91. The summed E-state index contributed by atoms with van der Waals surface area (Å²) in [6, 6.07) is 14.1. The molecular weight excluding hydrogens is 304 g/mol. The van der Waals surface area contributed by atoms with E-state index in [-0.39, 0.29) is 12.4 Å². The maximum atomic E-state index is 11.7. The van der Waals surface area contributed by atoms with E-state index >= 15 is 0 Å². The molecule has 0 saturated heterocycles. The predicted molar refractivity (Wildman–Crippen MR) is 84.8 cm³/mol. The molecule has 0 saturated carbocycles. The van der Waals surface area contributed by atoms with Gasteiger partial charge in [-0.3, -0.25) is 4.79 Å². The van der Waals surface area contributed by atoms with Crippen molar-refractivity contribution in [3.63, 3.8) is 0 Å². The SMILES string of the molecule is COc1ccccc1OCCCC(=O)Oc1ccc(Cl)cc1. The molecular formula is C17H17ClO4. The Morgan fingerprint density at radius 1 is 1.05 bits per heavy atom. The largest absolute Gasteiger partial charge is 0.493 e. The number of benzene rings is 2. The number of esters is 1. The second-order valence-corrected chi connectivity index (χ2v) is 4.97. The molecule has 4 nitrogen and oxygen atoms in total. The molecule has 0 N–H and O–H groups in total. The molecule has 0 aliphatic rings. The van der Waals surface area contributed by atoms with Gasteiger partial charge in [0.15, 0.2) is 11.5 Å². The summed E-state index contributed by atoms with van der Waals surface area (Å²) in [5.74, 6) is 1.52. The summed E-state index contributed by atoms with van der Waals surface area (Å²) in [5.41, 5.74) is 0. The third-order valence-electron chi connectivity index (χ3n) is 2.90. The smallest absolute Gasteiger partial charge is 0.311 e. The van der Waals surface area contributed by atoms with Crippen molar-refractivity contribution in [3.8, 4) is 17.2 Å². The highest BCUT2D eigenvalue weighted by molar-refractivity contribution is 6.30. The molecule has 5 heteroatoms. The molecule has 0 aromatic heterocycles. The zero-order chi connectivity index (χ0) is 15.8. The van der Waals surface area contributed by atoms with E-state index in [2.05, 4.69) is 0 Å². The minimum absolute atomic E-state index is 0.276. The van der Waals surface area contributed by atoms with Gasteiger partial charge >= 0.3 is 5.97 Å². The van der Waals surface area contributed by atoms with Gasteiger partial charge in [-0.15, -0.1) is 0 Å². The molecule has 0 aliphatic heterocycles. The number of rotatable bonds is 7. The number of para-hydroxylation sites is 2. The molecule has 2 aromatic carbocycles. The van der Waals surface area contributed by atoms with E-state index < -0.39 is 0 Å². The van der Waals surface area contributed by atoms with E-state index in [0.29, 0.717) is 35.3 Å². The average Bonchev–Trinajstić information content (AvgIpc) is 2.54. The highest BCUT2D eigenvalue weighted by Gasteiger charge is 2.06. The van der Waals surface area contributed by atoms with E-state index in [9.17, 15) is 4.79 Å². The Balaban J connectivity index is 1.72. The van der Waals surface area contributed by atoms with Crippen LogP contribution >= 0.6 is 11.6 Å². The van der Waals surface area contributed by atoms with E-state index in [1.54, 1.807) is 31.4 Å². The van der Waals surface area contributed by atoms with Crippen LogP contribution in [0.1, 0.15) is 12.8 Å². The highest BCUT2D eigenvalue weighted by atomic mass is 35.5. The number of ether oxygens (including phenoxy) is 3. The molecule has 0 amide bonds. The fraction of sp³-hybridized carbons (Fsp3) is 0.235. The first kappa shape index (κ1) is 16.2. The van der Waals surface area contributed by atoms with E-state index in [4.69, 9.17) is 25.8 Å². The Morgan fingerprint density at radius 3 is 2.41 bits per heavy atom. The lowest BCUT2D eigenvalue weighted by Gasteiger charge is -2.10. The molecule has 0 fully saturated rings. The van der Waals surface area contributed by atoms with Crippen molar-refractivity contribution in [3.05, 3.63) is 53.6 Å². The normalized spacial score (nSPS) is 10.1. The van der Waals surface area contributed by atoms with Gasteiger partial charge in [0.2, 0.25) is 0 Å². The van der Waals surface area contributed by atoms with Gasteiger partial charge in [0.25, 0.3) is 0 Å². The van der Waals surface area contributed by atoms with Crippen molar-refractivity contribution < 1.29 is 19.0 Å². The van der Waals surface area contributed by atoms with Crippen LogP contribution in [0.2, 0.25) is 5.02 Å². The lowest BCUT2D eigenvalue weighted by molar-refractivity contribution is -0.134. The van der Waals surface area contributed by atoms with Crippen LogP contribution in [0.3, 0.4) is 0 Å². The summed E-state index contributed by atoms with van der Waals surface area (Å²) in [6.45, 7) is 0.413. The van der Waals surface area contributed by atoms with Crippen molar-refractivity contribution in [1.82, 2.24) is 0 Å². The van der Waals surface area contributed by atoms with Gasteiger partial charge in [-0.05, 0) is 42.8 Å². The van der Waals surface area contributed by atoms with Crippen molar-refractivity contribution >= 4 is 17.6 Å². The lowest BCUT2D eigenvalue weighted by atomic mass is 10.3. The van der Waals surface area contributed by atoms with Gasteiger partial charge in [0.1, 0.15) is 5.75 Å². The van der Waals surface area contributed by atoms with Crippen LogP contribution in [-0.4, -0.2) is 19.7 Å². The summed E-state index contributed by atoms with van der Waals surface area (Å²) in [7, 11) is 1.59. The van der Waals surface area contributed by atoms with Crippen LogP contribution in [-0.2, 0) is 4.79 Å². The first-order chi connectivity index (χ1) is 10.7. The number of hydrogen-bond acceptors (Lipinski definition) is 4. The van der Waals surface area contributed by atoms with Crippen molar-refractivity contribution in [2.45, 2.75) is 12.8 Å². The predicted octanol–water partition coefficient (Wildman–Crippen LogP) is 4.11. The second kappa shape index (κ2) is 8.29. The van der Waals surface area contributed by atoms with E-state index in [0.717, 1.165) is 0 Å². The van der Waals surface area contributed by atoms with Crippen LogP contribution in [0.25, 0.3) is 0 Å². The molecule has 116 valence electrons. The Morgan fingerprint density at radius 2 is 1.73 bits per heavy atom. The third kappa shape index (κ3) is 4.97. The van der Waals surface area contributed by atoms with E-state index in [1.165, 1.54) is 0 Å². The van der Waals surface area contributed by atoms with Crippen LogP contribution in [0.5, 0.6) is 17.2 Å². The number of carbonyl (C=O) groups excluding carboxylic acids is 1. The monoisotopic (exact) mass is 320 g/mol. The number of methoxy groups -OCH3 is 1. The summed E-state index contributed by atoms with van der Waals surface area (Å²) in [6.07, 6.45) is 0.836. The molecule has 2 rings (SSSR count). The van der Waals surface area contributed by atoms with Crippen LogP contribution in [0.4, 0.5) is 0 Å². The minimum Gasteiger partial charge on any atom is -0.493 e. The number of halogens is 1. The molecule has 2 aromatic rings. The third-order valence-corrected chi connectivity index (χ3v) is 3.15. The quantitative estimate of drug-likeness (QED) is 0.437. The molecule has 0 heterocycles. The molecule has 0 atom stereocenters. The van der Waals surface area contributed by atoms with Crippen molar-refractivity contribution in [2.24, 2.45) is 0 Å². The fourth-order valence-electron chi connectivity index (χ4n) is 1.82. The Labute approximate surface area is 134 Å². The molecule has 0 bridgehead atoms. The fourth-order valence-corrected chi connectivity index (χ4v) is 1.95. The Hall–Kier alpha value is -2.20. The summed E-state index contributed by atoms with van der Waals surface area (Å²) in [4.78, 5) is 11.7. The van der Waals surface area contributed by atoms with Gasteiger partial charge in [-0.25, -0.2) is 0 Å². The van der Waals surface area contributed by atoms with Crippen molar-refractivity contribution in [2.75, 3.05) is 13.7 Å². The van der Waals surface area contributed by atoms with Crippen LogP contribution < -0.4 is 14.2 Å². The molecule has 0 unspecified atom stereocenters. The highest BCUT2D eigenvalue weighted by Crippen LogP contribution is 2.25. The first-order valence-corrected chi connectivity index (χ1v) is 7.29. The Bertz CT molecular complexity index is 610. The van der Waals surface area contributed by atoms with E-state index in [1.807, 2.05) is 24.3 Å². The maximum absolute atomic E-state index is 11.7. The van der Waals surface area contributed by atoms with Gasteiger partial charge < -0.3 is 14.2 Å². The maximum Gasteiger partial charge on any atom is 0.311 e. The molecule has 0 spiro atoms. The summed E-state index contributed by atoms with van der Waals surface area (Å²) >= 11 is 5.77. The van der Waals surface area contributed by atoms with Gasteiger partial charge in [0, 0.05) is 11.4 Å². The van der Waals surface area contributed by atoms with Gasteiger partial charge in [0.05, 0.1) is 13.7 Å². The average molecular weight is 321 g/mol. The second-order valence-electron chi connectivity index (χ2n) is 4.53. The number of hydrogen-bond donors (Lipinski definition) is 0. The lowest BCUT2D eigenvalue weighted by Crippen LogP contribution is -2.10. The minimum atomic E-state index is -0.300. The zero-order valence-corrected chi connectivity index (χ0v) is 13.0. The molecule has 22 heavy (non-hydrogen) atoms. The molecule has 0 radical (unpaired) electrons. The van der Waals surface area contributed by atoms with Crippen LogP contribution in [0, 0.1) is 0 Å². The van der Waals surface area contributed by atoms with Crippen LogP contribution in [0.15, 0.2) is 48.5 Å². The standard InChI is InChI=1S/C17H17ClO4/c1-20-15-5-2-3-6-16(15)21-12-4-7-17(19)22-14-10-8-13(18)9-11-14/h2-3,5-6,8-11H,4,7,12H2,1H3. The topological polar surface area (TPSA) is 44.8 Å². The number of carbonyl (C=O) groups is 1. The Kier molecular flexibility index (Phi) is 6.10. The summed E-state index contributed by atoms with van der Waals surface area (Å²) < 4.78 is 16.0. The summed E-state index contributed by atoms with van der Waals surface area (Å²) in [5, 5.41) is 0.602.